The summed E-state index contributed by atoms with van der Waals surface area (Å²) in [4.78, 5) is 0. The van der Waals surface area contributed by atoms with Gasteiger partial charge in [-0.15, -0.1) is 0 Å². The zero-order valence-electron chi connectivity index (χ0n) is 33.1. The molecule has 0 amide bonds. The number of unbranched alkanes of at least 4 members (excludes halogenated alkanes) is 18. The Balaban J connectivity index is 2.21. The van der Waals surface area contributed by atoms with Gasteiger partial charge in [0.15, 0.2) is 6.29 Å². The van der Waals surface area contributed by atoms with Crippen molar-refractivity contribution in [2.75, 3.05) is 34.3 Å². The molecule has 3 nitrogen and oxygen atoms in total. The number of ether oxygens (including phenoxy) is 2. The van der Waals surface area contributed by atoms with E-state index >= 15 is 0 Å². The molecule has 48 heavy (non-hydrogen) atoms. The highest BCUT2D eigenvalue weighted by Gasteiger charge is 2.32. The lowest BCUT2D eigenvalue weighted by Crippen LogP contribution is -2.37. The second kappa shape index (κ2) is 33.0. The van der Waals surface area contributed by atoms with Crippen molar-refractivity contribution in [3.05, 3.63) is 48.6 Å². The number of quaternary nitrogens is 1. The van der Waals surface area contributed by atoms with E-state index in [1.54, 1.807) is 0 Å². The highest BCUT2D eigenvalue weighted by molar-refractivity contribution is 4.93. The van der Waals surface area contributed by atoms with Crippen LogP contribution in [0.5, 0.6) is 0 Å². The zero-order valence-corrected chi connectivity index (χ0v) is 33.1. The molecule has 1 aliphatic heterocycles. The van der Waals surface area contributed by atoms with Gasteiger partial charge in [0.05, 0.1) is 40.4 Å². The maximum atomic E-state index is 6.52. The molecule has 1 saturated heterocycles. The number of allylic oxidation sites excluding steroid dienone is 8. The van der Waals surface area contributed by atoms with Crippen LogP contribution in [0.15, 0.2) is 48.6 Å². The number of hydrogen-bond donors (Lipinski definition) is 0. The molecule has 1 fully saturated rings. The van der Waals surface area contributed by atoms with E-state index in [0.29, 0.717) is 5.92 Å². The first-order valence-corrected chi connectivity index (χ1v) is 21.1. The molecule has 0 radical (unpaired) electrons. The Morgan fingerprint density at radius 2 is 0.917 bits per heavy atom. The molecule has 0 saturated carbocycles. The zero-order chi connectivity index (χ0) is 34.8. The normalized spacial score (nSPS) is 18.1. The summed E-state index contributed by atoms with van der Waals surface area (Å²) in [5.41, 5.74) is 0. The third kappa shape index (κ3) is 29.7. The van der Waals surface area contributed by atoms with Crippen LogP contribution in [0.2, 0.25) is 0 Å². The molecular formula is C45H84NO2+. The fourth-order valence-electron chi connectivity index (χ4n) is 6.61. The van der Waals surface area contributed by atoms with Crippen LogP contribution in [0.3, 0.4) is 0 Å². The lowest BCUT2D eigenvalue weighted by Gasteiger charge is -2.26. The Hall–Kier alpha value is -1.16. The first-order chi connectivity index (χ1) is 23.5. The lowest BCUT2D eigenvalue weighted by molar-refractivity contribution is -0.870. The molecule has 0 aromatic carbocycles. The van der Waals surface area contributed by atoms with Crippen molar-refractivity contribution in [1.29, 1.82) is 0 Å². The molecule has 0 spiro atoms. The molecule has 280 valence electrons. The fourth-order valence-corrected chi connectivity index (χ4v) is 6.61. The van der Waals surface area contributed by atoms with E-state index < -0.39 is 0 Å². The summed E-state index contributed by atoms with van der Waals surface area (Å²) in [7, 11) is 6.81. The minimum Gasteiger partial charge on any atom is -0.350 e. The molecule has 1 heterocycles. The average Bonchev–Trinajstić information content (AvgIpc) is 3.55. The molecule has 0 aromatic heterocycles. The van der Waals surface area contributed by atoms with Crippen molar-refractivity contribution in [1.82, 2.24) is 0 Å². The van der Waals surface area contributed by atoms with Crippen LogP contribution in [0.1, 0.15) is 187 Å². The quantitative estimate of drug-likeness (QED) is 0.0385. The van der Waals surface area contributed by atoms with E-state index in [1.165, 1.54) is 154 Å². The predicted octanol–water partition coefficient (Wildman–Crippen LogP) is 13.8. The topological polar surface area (TPSA) is 18.5 Å². The summed E-state index contributed by atoms with van der Waals surface area (Å²) in [6, 6.07) is 0. The summed E-state index contributed by atoms with van der Waals surface area (Å²) in [5, 5.41) is 0. The highest BCUT2D eigenvalue weighted by Crippen LogP contribution is 2.30. The van der Waals surface area contributed by atoms with Crippen LogP contribution >= 0.6 is 0 Å². The number of rotatable bonds is 34. The van der Waals surface area contributed by atoms with E-state index in [9.17, 15) is 0 Å². The van der Waals surface area contributed by atoms with Crippen LogP contribution in [0.4, 0.5) is 0 Å². The standard InChI is InChI=1S/C45H84NO2/c1-6-8-10-12-14-16-18-20-22-24-26-28-30-32-34-36-38-43(45-47-42-44(48-45)40-41-46(3,4)5)39-37-35-33-31-29-27-25-23-21-19-17-15-13-11-9-7-2/h14-17,20-23,43-45H,6-13,18-19,24-42H2,1-5H3/q+1. The Morgan fingerprint density at radius 3 is 1.33 bits per heavy atom. The van der Waals surface area contributed by atoms with Crippen molar-refractivity contribution < 1.29 is 14.0 Å². The van der Waals surface area contributed by atoms with Crippen LogP contribution < -0.4 is 0 Å². The van der Waals surface area contributed by atoms with Gasteiger partial charge in [0.25, 0.3) is 0 Å². The van der Waals surface area contributed by atoms with Crippen molar-refractivity contribution in [3.8, 4) is 0 Å². The summed E-state index contributed by atoms with van der Waals surface area (Å²) in [6.07, 6.45) is 54.3. The van der Waals surface area contributed by atoms with Crippen LogP contribution in [0.25, 0.3) is 0 Å². The molecule has 2 unspecified atom stereocenters. The third-order valence-electron chi connectivity index (χ3n) is 9.83. The molecule has 1 rings (SSSR count). The molecule has 2 atom stereocenters. The third-order valence-corrected chi connectivity index (χ3v) is 9.83. The van der Waals surface area contributed by atoms with E-state index in [1.807, 2.05) is 0 Å². The smallest absolute Gasteiger partial charge is 0.160 e. The summed E-state index contributed by atoms with van der Waals surface area (Å²) < 4.78 is 13.8. The fraction of sp³-hybridized carbons (Fsp3) is 0.822. The van der Waals surface area contributed by atoms with Gasteiger partial charge < -0.3 is 14.0 Å². The van der Waals surface area contributed by atoms with Crippen LogP contribution in [-0.4, -0.2) is 51.2 Å². The Labute approximate surface area is 301 Å². The monoisotopic (exact) mass is 671 g/mol. The lowest BCUT2D eigenvalue weighted by atomic mass is 9.93. The summed E-state index contributed by atoms with van der Waals surface area (Å²) in [6.45, 7) is 6.47. The minimum atomic E-state index is 0.0263. The molecule has 1 aliphatic rings. The summed E-state index contributed by atoms with van der Waals surface area (Å²) in [5.74, 6) is 0.566. The van der Waals surface area contributed by atoms with Gasteiger partial charge in [-0.2, -0.15) is 0 Å². The second-order valence-electron chi connectivity index (χ2n) is 15.8. The van der Waals surface area contributed by atoms with Gasteiger partial charge in [0.1, 0.15) is 0 Å². The van der Waals surface area contributed by atoms with Crippen LogP contribution in [-0.2, 0) is 9.47 Å². The van der Waals surface area contributed by atoms with Gasteiger partial charge in [0, 0.05) is 12.3 Å². The summed E-state index contributed by atoms with van der Waals surface area (Å²) >= 11 is 0. The Kier molecular flexibility index (Phi) is 30.9. The first kappa shape index (κ1) is 44.9. The molecule has 0 aromatic rings. The van der Waals surface area contributed by atoms with E-state index in [0.717, 1.165) is 36.9 Å². The maximum absolute atomic E-state index is 6.52. The van der Waals surface area contributed by atoms with Gasteiger partial charge in [0.2, 0.25) is 0 Å². The van der Waals surface area contributed by atoms with E-state index in [-0.39, 0.29) is 12.4 Å². The largest absolute Gasteiger partial charge is 0.350 e. The maximum Gasteiger partial charge on any atom is 0.160 e. The van der Waals surface area contributed by atoms with Crippen molar-refractivity contribution in [2.24, 2.45) is 5.92 Å². The minimum absolute atomic E-state index is 0.0263. The molecule has 0 aliphatic carbocycles. The van der Waals surface area contributed by atoms with E-state index in [4.69, 9.17) is 9.47 Å². The SMILES string of the molecule is CCCCCC=CCC=CCCCCCCCCC(CCCCCCCCC=CCC=CCCCCC)C1OCC(CC[N+](C)(C)C)O1. The second-order valence-corrected chi connectivity index (χ2v) is 15.8. The highest BCUT2D eigenvalue weighted by atomic mass is 16.7. The van der Waals surface area contributed by atoms with E-state index in [2.05, 4.69) is 83.6 Å². The average molecular weight is 671 g/mol. The molecule has 0 bridgehead atoms. The Bertz CT molecular complexity index is 743. The molecule has 3 heteroatoms. The van der Waals surface area contributed by atoms with Crippen molar-refractivity contribution in [2.45, 2.75) is 200 Å². The van der Waals surface area contributed by atoms with Gasteiger partial charge >= 0.3 is 0 Å². The van der Waals surface area contributed by atoms with Crippen molar-refractivity contribution in [3.63, 3.8) is 0 Å². The van der Waals surface area contributed by atoms with Gasteiger partial charge in [-0.25, -0.2) is 0 Å². The predicted molar refractivity (Wildman–Crippen MR) is 214 cm³/mol. The number of nitrogens with zero attached hydrogens (tertiary/aromatic N) is 1. The first-order valence-electron chi connectivity index (χ1n) is 21.1. The van der Waals surface area contributed by atoms with Gasteiger partial charge in [-0.05, 0) is 77.0 Å². The Morgan fingerprint density at radius 1 is 0.521 bits per heavy atom. The van der Waals surface area contributed by atoms with Crippen LogP contribution in [0, 0.1) is 5.92 Å². The number of hydrogen-bond acceptors (Lipinski definition) is 2. The van der Waals surface area contributed by atoms with Gasteiger partial charge in [-0.3, -0.25) is 0 Å². The van der Waals surface area contributed by atoms with Gasteiger partial charge in [-0.1, -0.05) is 152 Å². The molecular weight excluding hydrogens is 587 g/mol. The van der Waals surface area contributed by atoms with Crippen molar-refractivity contribution >= 4 is 0 Å². The molecule has 0 N–H and O–H groups in total.